The lowest BCUT2D eigenvalue weighted by Crippen LogP contribution is -2.47. The first kappa shape index (κ1) is 16.5. The maximum atomic E-state index is 6.01. The van der Waals surface area contributed by atoms with Crippen LogP contribution in [0.2, 0.25) is 0 Å². The second-order valence-corrected chi connectivity index (χ2v) is 7.27. The second kappa shape index (κ2) is 7.42. The summed E-state index contributed by atoms with van der Waals surface area (Å²) in [6.07, 6.45) is 3.71. The first-order valence-electron chi connectivity index (χ1n) is 8.56. The summed E-state index contributed by atoms with van der Waals surface area (Å²) in [5.74, 6) is 1.54. The highest BCUT2D eigenvalue weighted by molar-refractivity contribution is 5.25. The van der Waals surface area contributed by atoms with Gasteiger partial charge in [-0.3, -0.25) is 4.90 Å². The van der Waals surface area contributed by atoms with E-state index in [9.17, 15) is 0 Å². The third-order valence-corrected chi connectivity index (χ3v) is 4.90. The minimum absolute atomic E-state index is 0.471. The Morgan fingerprint density at radius 1 is 1.19 bits per heavy atom. The number of nitrogens with two attached hydrogens (primary N) is 1. The zero-order valence-electron chi connectivity index (χ0n) is 14.2. The molecule has 118 valence electrons. The van der Waals surface area contributed by atoms with Crippen molar-refractivity contribution in [2.24, 2.45) is 17.6 Å². The maximum absolute atomic E-state index is 6.01. The van der Waals surface area contributed by atoms with Gasteiger partial charge >= 0.3 is 0 Å². The molecule has 2 N–H and O–H groups in total. The smallest absolute Gasteiger partial charge is 0.0323 e. The van der Waals surface area contributed by atoms with Crippen LogP contribution in [0.4, 0.5) is 0 Å². The highest BCUT2D eigenvalue weighted by Crippen LogP contribution is 2.30. The van der Waals surface area contributed by atoms with E-state index in [0.29, 0.717) is 12.1 Å². The van der Waals surface area contributed by atoms with Crippen LogP contribution >= 0.6 is 0 Å². The minimum Gasteiger partial charge on any atom is -0.329 e. The van der Waals surface area contributed by atoms with E-state index in [1.807, 2.05) is 0 Å². The Morgan fingerprint density at radius 2 is 1.86 bits per heavy atom. The third-order valence-electron chi connectivity index (χ3n) is 4.90. The Kier molecular flexibility index (Phi) is 5.83. The Hall–Kier alpha value is -0.860. The summed E-state index contributed by atoms with van der Waals surface area (Å²) >= 11 is 0. The molecule has 3 atom stereocenters. The van der Waals surface area contributed by atoms with Crippen molar-refractivity contribution in [3.63, 3.8) is 0 Å². The van der Waals surface area contributed by atoms with Gasteiger partial charge in [-0.1, -0.05) is 45.0 Å². The van der Waals surface area contributed by atoms with Crippen LogP contribution in [0.25, 0.3) is 0 Å². The number of benzene rings is 1. The molecule has 0 aromatic heterocycles. The van der Waals surface area contributed by atoms with Crippen molar-refractivity contribution in [1.29, 1.82) is 0 Å². The summed E-state index contributed by atoms with van der Waals surface area (Å²) in [6.45, 7) is 11.2. The molecule has 2 rings (SSSR count). The van der Waals surface area contributed by atoms with Gasteiger partial charge in [0, 0.05) is 18.6 Å². The Morgan fingerprint density at radius 3 is 2.43 bits per heavy atom. The van der Waals surface area contributed by atoms with Gasteiger partial charge in [0.2, 0.25) is 0 Å². The molecular weight excluding hydrogens is 256 g/mol. The zero-order chi connectivity index (χ0) is 15.4. The van der Waals surface area contributed by atoms with Crippen molar-refractivity contribution < 1.29 is 0 Å². The molecule has 0 amide bonds. The van der Waals surface area contributed by atoms with Crippen molar-refractivity contribution in [2.75, 3.05) is 13.1 Å². The van der Waals surface area contributed by atoms with E-state index < -0.39 is 0 Å². The van der Waals surface area contributed by atoms with Gasteiger partial charge in [-0.25, -0.2) is 0 Å². The lowest BCUT2D eigenvalue weighted by Gasteiger charge is -2.42. The van der Waals surface area contributed by atoms with Gasteiger partial charge in [-0.2, -0.15) is 0 Å². The SMILES string of the molecule is CC(C)Cc1ccc(C(C)N2CCC(C)CC2CN)cc1. The predicted molar refractivity (Wildman–Crippen MR) is 91.3 cm³/mol. The van der Waals surface area contributed by atoms with Crippen LogP contribution in [0.5, 0.6) is 0 Å². The van der Waals surface area contributed by atoms with Gasteiger partial charge in [-0.05, 0) is 55.7 Å². The van der Waals surface area contributed by atoms with Crippen molar-refractivity contribution in [3.05, 3.63) is 35.4 Å². The highest BCUT2D eigenvalue weighted by atomic mass is 15.2. The van der Waals surface area contributed by atoms with Gasteiger partial charge in [0.15, 0.2) is 0 Å². The van der Waals surface area contributed by atoms with Crippen molar-refractivity contribution in [3.8, 4) is 0 Å². The Labute approximate surface area is 130 Å². The van der Waals surface area contributed by atoms with Gasteiger partial charge in [0.1, 0.15) is 0 Å². The van der Waals surface area contributed by atoms with Crippen LogP contribution < -0.4 is 5.73 Å². The topological polar surface area (TPSA) is 29.3 Å². The van der Waals surface area contributed by atoms with Crippen LogP contribution in [-0.2, 0) is 6.42 Å². The molecule has 0 spiro atoms. The van der Waals surface area contributed by atoms with Gasteiger partial charge in [0.05, 0.1) is 0 Å². The summed E-state index contributed by atoms with van der Waals surface area (Å²) in [6, 6.07) is 10.2. The fraction of sp³-hybridized carbons (Fsp3) is 0.684. The number of nitrogens with zero attached hydrogens (tertiary/aromatic N) is 1. The Bertz CT molecular complexity index is 424. The molecule has 1 aromatic rings. The molecule has 21 heavy (non-hydrogen) atoms. The molecule has 1 heterocycles. The highest BCUT2D eigenvalue weighted by Gasteiger charge is 2.29. The largest absolute Gasteiger partial charge is 0.329 e. The fourth-order valence-electron chi connectivity index (χ4n) is 3.61. The van der Waals surface area contributed by atoms with E-state index in [0.717, 1.165) is 18.4 Å². The summed E-state index contributed by atoms with van der Waals surface area (Å²) in [7, 11) is 0. The summed E-state index contributed by atoms with van der Waals surface area (Å²) in [4.78, 5) is 2.61. The standard InChI is InChI=1S/C19H32N2/c1-14(2)11-17-5-7-18(8-6-17)16(4)21-10-9-15(3)12-19(21)13-20/h5-8,14-16,19H,9-13,20H2,1-4H3. The van der Waals surface area contributed by atoms with E-state index >= 15 is 0 Å². The molecule has 0 saturated carbocycles. The molecule has 0 radical (unpaired) electrons. The van der Waals surface area contributed by atoms with Crippen molar-refractivity contribution in [2.45, 2.75) is 59.0 Å². The average Bonchev–Trinajstić information content (AvgIpc) is 2.46. The second-order valence-electron chi connectivity index (χ2n) is 7.27. The predicted octanol–water partition coefficient (Wildman–Crippen LogP) is 4.01. The normalized spacial score (nSPS) is 25.2. The van der Waals surface area contributed by atoms with Crippen LogP contribution in [-0.4, -0.2) is 24.0 Å². The lowest BCUT2D eigenvalue weighted by molar-refractivity contribution is 0.0834. The zero-order valence-corrected chi connectivity index (χ0v) is 14.2. The quantitative estimate of drug-likeness (QED) is 0.887. The van der Waals surface area contributed by atoms with E-state index in [2.05, 4.69) is 56.9 Å². The maximum Gasteiger partial charge on any atom is 0.0323 e. The van der Waals surface area contributed by atoms with Gasteiger partial charge in [-0.15, -0.1) is 0 Å². The molecule has 3 unspecified atom stereocenters. The fourth-order valence-corrected chi connectivity index (χ4v) is 3.61. The molecule has 1 saturated heterocycles. The van der Waals surface area contributed by atoms with E-state index in [1.165, 1.54) is 36.9 Å². The van der Waals surface area contributed by atoms with Gasteiger partial charge < -0.3 is 5.73 Å². The van der Waals surface area contributed by atoms with E-state index in [-0.39, 0.29) is 0 Å². The van der Waals surface area contributed by atoms with Gasteiger partial charge in [0.25, 0.3) is 0 Å². The molecule has 2 nitrogen and oxygen atoms in total. The molecule has 0 aliphatic carbocycles. The number of likely N-dealkylation sites (tertiary alicyclic amines) is 1. The molecule has 1 fully saturated rings. The monoisotopic (exact) mass is 288 g/mol. The average molecular weight is 288 g/mol. The van der Waals surface area contributed by atoms with Crippen LogP contribution in [0.15, 0.2) is 24.3 Å². The van der Waals surface area contributed by atoms with E-state index in [4.69, 9.17) is 5.73 Å². The molecule has 1 aromatic carbocycles. The molecule has 1 aliphatic rings. The molecule has 0 bridgehead atoms. The number of rotatable bonds is 5. The molecular formula is C19H32N2. The number of hydrogen-bond acceptors (Lipinski definition) is 2. The summed E-state index contributed by atoms with van der Waals surface area (Å²) in [5.41, 5.74) is 8.88. The Balaban J connectivity index is 2.06. The first-order chi connectivity index (χ1) is 10.0. The third kappa shape index (κ3) is 4.31. The molecule has 2 heteroatoms. The van der Waals surface area contributed by atoms with Crippen LogP contribution in [0.1, 0.15) is 57.7 Å². The van der Waals surface area contributed by atoms with Crippen LogP contribution in [0.3, 0.4) is 0 Å². The minimum atomic E-state index is 0.471. The lowest BCUT2D eigenvalue weighted by atomic mass is 9.90. The summed E-state index contributed by atoms with van der Waals surface area (Å²) < 4.78 is 0. The first-order valence-corrected chi connectivity index (χ1v) is 8.56. The van der Waals surface area contributed by atoms with Crippen molar-refractivity contribution in [1.82, 2.24) is 4.90 Å². The summed E-state index contributed by atoms with van der Waals surface area (Å²) in [5, 5.41) is 0. The molecule has 1 aliphatic heterocycles. The number of piperidine rings is 1. The van der Waals surface area contributed by atoms with Crippen molar-refractivity contribution >= 4 is 0 Å². The number of hydrogen-bond donors (Lipinski definition) is 1. The van der Waals surface area contributed by atoms with E-state index in [1.54, 1.807) is 0 Å². The van der Waals surface area contributed by atoms with Crippen LogP contribution in [0, 0.1) is 11.8 Å².